The van der Waals surface area contributed by atoms with Gasteiger partial charge >= 0.3 is 6.30 Å². The van der Waals surface area contributed by atoms with Gasteiger partial charge < -0.3 is 14.8 Å². The third-order valence-corrected chi connectivity index (χ3v) is 3.51. The van der Waals surface area contributed by atoms with Gasteiger partial charge in [0.2, 0.25) is 0 Å². The average molecular weight is 358 g/mol. The number of aromatic nitrogens is 4. The number of carbonyl (C=O) groups is 1. The summed E-state index contributed by atoms with van der Waals surface area (Å²) in [6.07, 6.45) is -2.39. The molecule has 3 heterocycles. The van der Waals surface area contributed by atoms with Gasteiger partial charge in [-0.3, -0.25) is 9.89 Å². The van der Waals surface area contributed by atoms with Crippen molar-refractivity contribution >= 4 is 11.7 Å². The summed E-state index contributed by atoms with van der Waals surface area (Å²) in [6, 6.07) is 2.54. The van der Waals surface area contributed by atoms with Crippen LogP contribution in [0.15, 0.2) is 12.1 Å². The SMILES string of the molecule is COCc1cc(C(=O)Nc2cc([C@H]3C[CH]CO3)[nH]n2)n(C(F)(F)F)n1. The molecule has 2 aromatic heterocycles. The van der Waals surface area contributed by atoms with Crippen LogP contribution in [0.4, 0.5) is 19.0 Å². The van der Waals surface area contributed by atoms with Crippen molar-refractivity contribution in [3.63, 3.8) is 0 Å². The quantitative estimate of drug-likeness (QED) is 0.854. The molecule has 1 fully saturated rings. The summed E-state index contributed by atoms with van der Waals surface area (Å²) in [5.74, 6) is -0.886. The molecule has 2 aromatic rings. The molecule has 3 rings (SSSR count). The number of ether oxygens (including phenoxy) is 2. The van der Waals surface area contributed by atoms with Gasteiger partial charge in [-0.1, -0.05) is 0 Å². The first-order valence-electron chi connectivity index (χ1n) is 7.33. The second kappa shape index (κ2) is 6.84. The molecule has 1 radical (unpaired) electrons. The topological polar surface area (TPSA) is 94.1 Å². The molecule has 0 bridgehead atoms. The van der Waals surface area contributed by atoms with Gasteiger partial charge in [-0.25, -0.2) is 0 Å². The Balaban J connectivity index is 1.78. The number of hydrogen-bond acceptors (Lipinski definition) is 5. The van der Waals surface area contributed by atoms with E-state index >= 15 is 0 Å². The highest BCUT2D eigenvalue weighted by Crippen LogP contribution is 2.28. The van der Waals surface area contributed by atoms with Crippen LogP contribution in [0.25, 0.3) is 0 Å². The molecule has 135 valence electrons. The van der Waals surface area contributed by atoms with Crippen LogP contribution in [0.3, 0.4) is 0 Å². The third-order valence-electron chi connectivity index (χ3n) is 3.51. The zero-order valence-corrected chi connectivity index (χ0v) is 13.1. The Hall–Kier alpha value is -2.40. The van der Waals surface area contributed by atoms with Crippen LogP contribution in [0, 0.1) is 6.42 Å². The van der Waals surface area contributed by atoms with Gasteiger partial charge in [0.05, 0.1) is 30.7 Å². The lowest BCUT2D eigenvalue weighted by atomic mass is 10.2. The molecular formula is C14H15F3N5O3. The van der Waals surface area contributed by atoms with Crippen LogP contribution in [0.1, 0.15) is 34.4 Å². The summed E-state index contributed by atoms with van der Waals surface area (Å²) >= 11 is 0. The first kappa shape index (κ1) is 17.4. The van der Waals surface area contributed by atoms with E-state index in [1.165, 1.54) is 13.2 Å². The minimum Gasteiger partial charge on any atom is -0.378 e. The van der Waals surface area contributed by atoms with Crippen molar-refractivity contribution in [3.8, 4) is 0 Å². The standard InChI is InChI=1S/C14H15F3N5O3/c1-24-7-8-5-10(22(21-8)14(15,16)17)13(23)18-12-6-9(19-20-12)11-3-2-4-25-11/h2,5-6,11H,3-4,7H2,1H3,(H2,18,19,20,23)/t11-/m1/s1. The Kier molecular flexibility index (Phi) is 4.77. The van der Waals surface area contributed by atoms with E-state index in [9.17, 15) is 18.0 Å². The number of nitrogens with one attached hydrogen (secondary N) is 2. The molecule has 1 atom stereocenters. The van der Waals surface area contributed by atoms with Crippen LogP contribution in [0.5, 0.6) is 0 Å². The largest absolute Gasteiger partial charge is 0.505 e. The number of halogens is 3. The Morgan fingerprint density at radius 1 is 1.52 bits per heavy atom. The van der Waals surface area contributed by atoms with Gasteiger partial charge in [0.15, 0.2) is 5.82 Å². The van der Waals surface area contributed by atoms with Crippen LogP contribution < -0.4 is 5.32 Å². The summed E-state index contributed by atoms with van der Waals surface area (Å²) in [7, 11) is 1.32. The molecule has 0 aromatic carbocycles. The third kappa shape index (κ3) is 3.82. The smallest absolute Gasteiger partial charge is 0.378 e. The van der Waals surface area contributed by atoms with Crippen molar-refractivity contribution in [1.82, 2.24) is 20.0 Å². The van der Waals surface area contributed by atoms with E-state index in [-0.39, 0.29) is 28.9 Å². The number of H-pyrrole nitrogens is 1. The van der Waals surface area contributed by atoms with E-state index in [1.54, 1.807) is 0 Å². The van der Waals surface area contributed by atoms with Gasteiger partial charge in [-0.05, 0) is 18.9 Å². The predicted molar refractivity (Wildman–Crippen MR) is 78.4 cm³/mol. The van der Waals surface area contributed by atoms with Crippen LogP contribution in [-0.4, -0.2) is 39.6 Å². The van der Waals surface area contributed by atoms with Gasteiger partial charge in [0.1, 0.15) is 5.69 Å². The molecule has 25 heavy (non-hydrogen) atoms. The molecule has 1 aliphatic heterocycles. The maximum atomic E-state index is 13.0. The number of rotatable bonds is 5. The Morgan fingerprint density at radius 2 is 2.32 bits per heavy atom. The second-order valence-electron chi connectivity index (χ2n) is 5.34. The predicted octanol–water partition coefficient (Wildman–Crippen LogP) is 2.15. The number of nitrogens with zero attached hydrogens (tertiary/aromatic N) is 3. The zero-order valence-electron chi connectivity index (χ0n) is 13.1. The molecule has 11 heteroatoms. The molecule has 0 saturated carbocycles. The van der Waals surface area contributed by atoms with Crippen molar-refractivity contribution in [1.29, 1.82) is 0 Å². The fourth-order valence-electron chi connectivity index (χ4n) is 2.44. The Labute approximate surface area is 140 Å². The van der Waals surface area contributed by atoms with Crippen molar-refractivity contribution < 1.29 is 27.4 Å². The maximum Gasteiger partial charge on any atom is 0.505 e. The highest BCUT2D eigenvalue weighted by Gasteiger charge is 2.37. The van der Waals surface area contributed by atoms with E-state index < -0.39 is 17.9 Å². The lowest BCUT2D eigenvalue weighted by molar-refractivity contribution is -0.213. The molecule has 8 nitrogen and oxygen atoms in total. The van der Waals surface area contributed by atoms with Crippen molar-refractivity contribution in [2.45, 2.75) is 25.4 Å². The minimum atomic E-state index is -4.83. The van der Waals surface area contributed by atoms with Crippen LogP contribution in [-0.2, 0) is 22.4 Å². The molecule has 0 spiro atoms. The number of anilines is 1. The highest BCUT2D eigenvalue weighted by molar-refractivity contribution is 6.02. The molecular weight excluding hydrogens is 343 g/mol. The van der Waals surface area contributed by atoms with Crippen LogP contribution >= 0.6 is 0 Å². The second-order valence-corrected chi connectivity index (χ2v) is 5.34. The number of carbonyl (C=O) groups excluding carboxylic acids is 1. The summed E-state index contributed by atoms with van der Waals surface area (Å²) in [6.45, 7) is 0.365. The van der Waals surface area contributed by atoms with E-state index in [1.807, 2.05) is 6.42 Å². The number of aromatic amines is 1. The number of methoxy groups -OCH3 is 1. The normalized spacial score (nSPS) is 17.8. The van der Waals surface area contributed by atoms with Crippen molar-refractivity contribution in [2.75, 3.05) is 19.0 Å². The molecule has 0 unspecified atom stereocenters. The Bertz CT molecular complexity index is 749. The Morgan fingerprint density at radius 3 is 2.96 bits per heavy atom. The van der Waals surface area contributed by atoms with Crippen LogP contribution in [0.2, 0.25) is 0 Å². The highest BCUT2D eigenvalue weighted by atomic mass is 19.4. The summed E-state index contributed by atoms with van der Waals surface area (Å²) in [5.41, 5.74) is -0.0365. The number of hydrogen-bond donors (Lipinski definition) is 2. The van der Waals surface area contributed by atoms with Gasteiger partial charge in [0.25, 0.3) is 5.91 Å². The van der Waals surface area contributed by atoms with Gasteiger partial charge in [-0.15, -0.1) is 13.2 Å². The zero-order chi connectivity index (χ0) is 18.0. The fourth-order valence-corrected chi connectivity index (χ4v) is 2.44. The first-order valence-corrected chi connectivity index (χ1v) is 7.33. The minimum absolute atomic E-state index is 0.0115. The monoisotopic (exact) mass is 358 g/mol. The van der Waals surface area contributed by atoms with E-state index in [0.29, 0.717) is 18.7 Å². The molecule has 2 N–H and O–H groups in total. The maximum absolute atomic E-state index is 13.0. The molecule has 1 amide bonds. The fraction of sp³-hybridized carbons (Fsp3) is 0.429. The number of alkyl halides is 3. The average Bonchev–Trinajstić information content (AvgIpc) is 3.26. The number of amides is 1. The summed E-state index contributed by atoms with van der Waals surface area (Å²) in [4.78, 5) is 12.2. The van der Waals surface area contributed by atoms with E-state index in [4.69, 9.17) is 9.47 Å². The van der Waals surface area contributed by atoms with E-state index in [0.717, 1.165) is 6.07 Å². The van der Waals surface area contributed by atoms with Gasteiger partial charge in [0, 0.05) is 13.2 Å². The molecule has 1 saturated heterocycles. The van der Waals surface area contributed by atoms with Crippen molar-refractivity contribution in [2.24, 2.45) is 0 Å². The lowest BCUT2D eigenvalue weighted by Gasteiger charge is -2.09. The first-order chi connectivity index (χ1) is 11.9. The molecule has 0 aliphatic carbocycles. The molecule has 1 aliphatic rings. The van der Waals surface area contributed by atoms with Gasteiger partial charge in [-0.2, -0.15) is 14.9 Å². The summed E-state index contributed by atoms with van der Waals surface area (Å²) in [5, 5.41) is 12.3. The lowest BCUT2D eigenvalue weighted by Crippen LogP contribution is -2.26. The van der Waals surface area contributed by atoms with Crippen molar-refractivity contribution in [3.05, 3.63) is 35.6 Å². The summed E-state index contributed by atoms with van der Waals surface area (Å²) < 4.78 is 49.0. The van der Waals surface area contributed by atoms with E-state index in [2.05, 4.69) is 20.6 Å².